The second-order valence-corrected chi connectivity index (χ2v) is 7.24. The maximum atomic E-state index is 12.0. The van der Waals surface area contributed by atoms with Crippen molar-refractivity contribution in [3.05, 3.63) is 42.5 Å². The number of hydrogen-bond donors (Lipinski definition) is 1. The fourth-order valence-corrected chi connectivity index (χ4v) is 2.62. The fourth-order valence-electron chi connectivity index (χ4n) is 2.06. The smallest absolute Gasteiger partial charge is 0.263 e. The lowest BCUT2D eigenvalue weighted by Crippen LogP contribution is -2.46. The van der Waals surface area contributed by atoms with Crippen LogP contribution in [-0.2, 0) is 4.79 Å². The first-order chi connectivity index (χ1) is 9.76. The summed E-state index contributed by atoms with van der Waals surface area (Å²) in [6.45, 7) is 7.43. The second kappa shape index (κ2) is 5.90. The molecule has 1 unspecified atom stereocenters. The monoisotopic (exact) mass is 327 g/mol. The van der Waals surface area contributed by atoms with Gasteiger partial charge in [-0.05, 0) is 38.0 Å². The first-order valence-corrected chi connectivity index (χ1v) is 7.58. The maximum absolute atomic E-state index is 12.0. The molecule has 2 rings (SSSR count). The Balaban J connectivity index is 1.99. The van der Waals surface area contributed by atoms with Crippen molar-refractivity contribution in [3.63, 3.8) is 0 Å². The molecule has 5 heteroatoms. The summed E-state index contributed by atoms with van der Waals surface area (Å²) >= 11 is 12.1. The van der Waals surface area contributed by atoms with Gasteiger partial charge < -0.3 is 10.1 Å². The van der Waals surface area contributed by atoms with Crippen LogP contribution >= 0.6 is 23.2 Å². The second-order valence-electron chi connectivity index (χ2n) is 5.70. The summed E-state index contributed by atoms with van der Waals surface area (Å²) in [5.74, 6) is 0.626. The van der Waals surface area contributed by atoms with Gasteiger partial charge in [-0.3, -0.25) is 4.79 Å². The Morgan fingerprint density at radius 3 is 2.52 bits per heavy atom. The molecule has 1 aliphatic rings. The lowest BCUT2D eigenvalue weighted by atomic mass is 10.1. The molecule has 1 aliphatic carbocycles. The molecule has 0 spiro atoms. The van der Waals surface area contributed by atoms with Crippen molar-refractivity contribution in [2.24, 2.45) is 0 Å². The number of benzene rings is 1. The zero-order valence-corrected chi connectivity index (χ0v) is 13.7. The van der Waals surface area contributed by atoms with E-state index in [-0.39, 0.29) is 11.8 Å². The molecule has 1 amide bonds. The Morgan fingerprint density at radius 1 is 1.48 bits per heavy atom. The number of halogens is 2. The number of rotatable bonds is 6. The Hall–Kier alpha value is -1.19. The number of carbonyl (C=O) groups is 1. The van der Waals surface area contributed by atoms with Gasteiger partial charge in [0.1, 0.15) is 10.1 Å². The number of alkyl halides is 2. The zero-order valence-electron chi connectivity index (χ0n) is 12.2. The highest BCUT2D eigenvalue weighted by Gasteiger charge is 2.52. The van der Waals surface area contributed by atoms with Crippen LogP contribution in [0.1, 0.15) is 31.7 Å². The van der Waals surface area contributed by atoms with E-state index < -0.39 is 9.93 Å². The summed E-state index contributed by atoms with van der Waals surface area (Å²) in [6, 6.07) is 7.54. The molecule has 0 bridgehead atoms. The molecule has 0 aliphatic heterocycles. The first-order valence-electron chi connectivity index (χ1n) is 6.82. The third kappa shape index (κ3) is 3.92. The number of amides is 1. The van der Waals surface area contributed by atoms with Gasteiger partial charge in [0.2, 0.25) is 0 Å². The van der Waals surface area contributed by atoms with Crippen LogP contribution in [0.4, 0.5) is 0 Å². The SMILES string of the molecule is C=CCNC(=O)C(C)(C)Oc1ccc(C2CC2(Cl)Cl)cc1. The topological polar surface area (TPSA) is 38.3 Å². The van der Waals surface area contributed by atoms with Crippen molar-refractivity contribution in [1.82, 2.24) is 5.32 Å². The lowest BCUT2D eigenvalue weighted by Gasteiger charge is -2.25. The Morgan fingerprint density at radius 2 is 2.05 bits per heavy atom. The number of carbonyl (C=O) groups excluding carboxylic acids is 1. The molecule has 3 nitrogen and oxygen atoms in total. The van der Waals surface area contributed by atoms with E-state index in [2.05, 4.69) is 11.9 Å². The molecular weight excluding hydrogens is 309 g/mol. The predicted octanol–water partition coefficient (Wildman–Crippen LogP) is 3.81. The molecule has 21 heavy (non-hydrogen) atoms. The zero-order chi connectivity index (χ0) is 15.7. The number of nitrogens with one attached hydrogen (secondary N) is 1. The highest BCUT2D eigenvalue weighted by atomic mass is 35.5. The van der Waals surface area contributed by atoms with Crippen molar-refractivity contribution in [3.8, 4) is 5.75 Å². The lowest BCUT2D eigenvalue weighted by molar-refractivity contribution is -0.133. The summed E-state index contributed by atoms with van der Waals surface area (Å²) in [6.07, 6.45) is 2.40. The highest BCUT2D eigenvalue weighted by Crippen LogP contribution is 2.59. The Bertz CT molecular complexity index is 538. The molecule has 1 N–H and O–H groups in total. The Kier molecular flexibility index (Phi) is 4.54. The normalized spacial score (nSPS) is 19.7. The fraction of sp³-hybridized carbons (Fsp3) is 0.438. The van der Waals surface area contributed by atoms with Crippen molar-refractivity contribution in [1.29, 1.82) is 0 Å². The van der Waals surface area contributed by atoms with E-state index in [1.54, 1.807) is 19.9 Å². The molecule has 1 aromatic carbocycles. The average molecular weight is 328 g/mol. The molecule has 1 aromatic rings. The van der Waals surface area contributed by atoms with Crippen molar-refractivity contribution in [2.75, 3.05) is 6.54 Å². The third-order valence-electron chi connectivity index (χ3n) is 3.44. The minimum absolute atomic E-state index is 0.179. The van der Waals surface area contributed by atoms with Gasteiger partial charge in [0, 0.05) is 12.5 Å². The summed E-state index contributed by atoms with van der Waals surface area (Å²) in [5, 5.41) is 2.73. The van der Waals surface area contributed by atoms with E-state index in [0.29, 0.717) is 12.3 Å². The van der Waals surface area contributed by atoms with Gasteiger partial charge in [-0.2, -0.15) is 0 Å². The molecule has 1 atom stereocenters. The molecule has 0 saturated heterocycles. The molecule has 0 aromatic heterocycles. The summed E-state index contributed by atoms with van der Waals surface area (Å²) in [7, 11) is 0. The van der Waals surface area contributed by atoms with Crippen LogP contribution in [0.3, 0.4) is 0 Å². The third-order valence-corrected chi connectivity index (χ3v) is 4.27. The molecule has 1 fully saturated rings. The molecule has 114 valence electrons. The number of ether oxygens (including phenoxy) is 1. The predicted molar refractivity (Wildman–Crippen MR) is 86.2 cm³/mol. The van der Waals surface area contributed by atoms with E-state index in [0.717, 1.165) is 12.0 Å². The van der Waals surface area contributed by atoms with E-state index in [9.17, 15) is 4.79 Å². The van der Waals surface area contributed by atoms with Crippen molar-refractivity contribution < 1.29 is 9.53 Å². The van der Waals surface area contributed by atoms with Crippen LogP contribution in [0.2, 0.25) is 0 Å². The maximum Gasteiger partial charge on any atom is 0.263 e. The van der Waals surface area contributed by atoms with E-state index >= 15 is 0 Å². The number of hydrogen-bond acceptors (Lipinski definition) is 2. The quantitative estimate of drug-likeness (QED) is 0.637. The van der Waals surface area contributed by atoms with Gasteiger partial charge in [-0.15, -0.1) is 29.8 Å². The van der Waals surface area contributed by atoms with Gasteiger partial charge in [0.05, 0.1) is 0 Å². The minimum atomic E-state index is -0.952. The van der Waals surface area contributed by atoms with Gasteiger partial charge >= 0.3 is 0 Å². The van der Waals surface area contributed by atoms with Gasteiger partial charge in [-0.25, -0.2) is 0 Å². The largest absolute Gasteiger partial charge is 0.478 e. The molecule has 1 saturated carbocycles. The highest BCUT2D eigenvalue weighted by molar-refractivity contribution is 6.51. The molecular formula is C16H19Cl2NO2. The summed E-state index contributed by atoms with van der Waals surface area (Å²) in [4.78, 5) is 12.0. The molecule has 0 radical (unpaired) electrons. The minimum Gasteiger partial charge on any atom is -0.478 e. The summed E-state index contributed by atoms with van der Waals surface area (Å²) < 4.78 is 5.12. The average Bonchev–Trinajstić information content (AvgIpc) is 3.05. The van der Waals surface area contributed by atoms with Gasteiger partial charge in [0.25, 0.3) is 5.91 Å². The van der Waals surface area contributed by atoms with Gasteiger partial charge in [-0.1, -0.05) is 18.2 Å². The van der Waals surface area contributed by atoms with Crippen LogP contribution in [0.5, 0.6) is 5.75 Å². The first kappa shape index (κ1) is 16.2. The van der Waals surface area contributed by atoms with E-state index in [1.807, 2.05) is 24.3 Å². The summed E-state index contributed by atoms with van der Waals surface area (Å²) in [5.41, 5.74) is 0.133. The van der Waals surface area contributed by atoms with E-state index in [4.69, 9.17) is 27.9 Å². The van der Waals surface area contributed by atoms with Crippen molar-refractivity contribution in [2.45, 2.75) is 36.1 Å². The van der Waals surface area contributed by atoms with Crippen LogP contribution in [-0.4, -0.2) is 22.4 Å². The van der Waals surface area contributed by atoms with E-state index in [1.165, 1.54) is 0 Å². The van der Waals surface area contributed by atoms with Crippen LogP contribution in [0, 0.1) is 0 Å². The van der Waals surface area contributed by atoms with Crippen LogP contribution < -0.4 is 10.1 Å². The van der Waals surface area contributed by atoms with Gasteiger partial charge in [0.15, 0.2) is 5.60 Å². The van der Waals surface area contributed by atoms with Crippen LogP contribution in [0.25, 0.3) is 0 Å². The van der Waals surface area contributed by atoms with Crippen molar-refractivity contribution >= 4 is 29.1 Å². The Labute approximate surface area is 135 Å². The molecule has 0 heterocycles. The standard InChI is InChI=1S/C16H19Cl2NO2/c1-4-9-19-14(20)15(2,3)21-12-7-5-11(6-8-12)13-10-16(13,17)18/h4-8,13H,1,9-10H2,2-3H3,(H,19,20). The van der Waals surface area contributed by atoms with Crippen LogP contribution in [0.15, 0.2) is 36.9 Å².